The molecule has 10 heterocycles. The predicted octanol–water partition coefficient (Wildman–Crippen LogP) is -21.2. The Morgan fingerprint density at radius 2 is 0.516 bits per heavy atom. The molecule has 54 nitrogen and oxygen atoms in total. The summed E-state index contributed by atoms with van der Waals surface area (Å²) < 4.78 is 113. The van der Waals surface area contributed by atoms with Crippen molar-refractivity contribution in [3.63, 3.8) is 0 Å². The molecule has 0 aromatic heterocycles. The van der Waals surface area contributed by atoms with E-state index >= 15 is 0 Å². The molecule has 0 saturated carbocycles. The number of aliphatic hydroxyl groups is 27. The Bertz CT molecular complexity index is 3290. The largest absolute Gasteiger partial charge is 0.394 e. The van der Waals surface area contributed by atoms with Gasteiger partial charge in [-0.2, -0.15) is 0 Å². The average molecular weight is 1790 g/mol. The fourth-order valence-electron chi connectivity index (χ4n) is 15.8. The number of amides is 4. The van der Waals surface area contributed by atoms with Crippen LogP contribution in [0, 0.1) is 0 Å². The molecule has 10 aliphatic rings. The first-order valence-corrected chi connectivity index (χ1v) is 39.0. The maximum absolute atomic E-state index is 13.3. The van der Waals surface area contributed by atoms with Crippen LogP contribution >= 0.6 is 0 Å². The molecule has 0 unspecified atom stereocenters. The summed E-state index contributed by atoms with van der Waals surface area (Å²) in [5, 5.41) is 311. The van der Waals surface area contributed by atoms with Crippen molar-refractivity contribution in [3.05, 3.63) is 0 Å². The highest BCUT2D eigenvalue weighted by atomic mass is 16.8. The molecule has 54 heteroatoms. The lowest BCUT2D eigenvalue weighted by Crippen LogP contribution is -2.71. The van der Waals surface area contributed by atoms with Gasteiger partial charge in [0, 0.05) is 27.7 Å². The van der Waals surface area contributed by atoms with E-state index in [0.717, 1.165) is 27.7 Å². The van der Waals surface area contributed by atoms with Crippen LogP contribution in [0.1, 0.15) is 34.6 Å². The van der Waals surface area contributed by atoms with Crippen molar-refractivity contribution in [1.29, 1.82) is 0 Å². The molecule has 50 atom stereocenters. The van der Waals surface area contributed by atoms with Gasteiger partial charge in [-0.25, -0.2) is 0 Å². The molecule has 10 rings (SSSR count). The summed E-state index contributed by atoms with van der Waals surface area (Å²) in [4.78, 5) is 51.8. The third-order valence-electron chi connectivity index (χ3n) is 22.4. The minimum atomic E-state index is -2.63. The Labute approximate surface area is 691 Å². The molecule has 0 aromatic carbocycles. The van der Waals surface area contributed by atoms with Crippen LogP contribution in [0.25, 0.3) is 0 Å². The summed E-state index contributed by atoms with van der Waals surface area (Å²) in [5.74, 6) is -3.77. The number of carbonyl (C=O) groups is 4. The van der Waals surface area contributed by atoms with Crippen LogP contribution in [0.4, 0.5) is 0 Å². The lowest BCUT2D eigenvalue weighted by molar-refractivity contribution is -0.399. The standard InChI is InChI=1S/C68H114N4O50/c1-15-33(84)43(94)48(99)63(106-15)104-14-28-54(40(91)29(59(103)107-28)69-16(2)80)116-60-30(70-17(3)81)41(92)53(26(12-79)113-60)118-66-51(102)56(120-68-58(47(98)37(88)23(9-76)112-68)122-61-31(71-18(4)82)42(93)52(25(11-78)114-61)117-64-49(100)44(95)34(85)20(6-73)109-64)39(90)27(115-66)13-105-67-57(46(97)36(87)22(8-75)111-67)121-62-32(72-19(5)83)55(38(89)24(10-77)108-62)119-65-50(101)45(96)35(86)21(7-74)110-65/h15,20-68,73-79,84-103H,6-14H2,1-5H3,(H,69,80)(H,70,81)(H,71,82)(H,72,83)/t15-,20+,21+,22+,23+,24+,25+,26+,27+,28+,29+,30+,31-,32+,33+,34-,35-,36+,37+,38+,39+,40+,41+,42+,43+,44-,45-,46-,47-,48-,49+,50+,51-,52+,53+,54+,55+,56-,57-,58-,59+,60-,61-,62-,63+,64-,65-,66-,67-,68+/m0/s1. The number of ether oxygens (including phenoxy) is 19. The fourth-order valence-corrected chi connectivity index (χ4v) is 15.8. The van der Waals surface area contributed by atoms with Gasteiger partial charge in [-0.05, 0) is 6.92 Å². The van der Waals surface area contributed by atoms with Crippen molar-refractivity contribution in [2.24, 2.45) is 0 Å². The van der Waals surface area contributed by atoms with Gasteiger partial charge in [0.15, 0.2) is 62.9 Å². The number of nitrogens with one attached hydrogen (secondary N) is 4. The highest BCUT2D eigenvalue weighted by molar-refractivity contribution is 5.74. The summed E-state index contributed by atoms with van der Waals surface area (Å²) in [6.45, 7) is -4.89. The third-order valence-corrected chi connectivity index (χ3v) is 22.4. The fraction of sp³-hybridized carbons (Fsp3) is 0.941. The van der Waals surface area contributed by atoms with E-state index in [0.29, 0.717) is 0 Å². The normalized spacial score (nSPS) is 49.7. The molecule has 0 spiro atoms. The lowest BCUT2D eigenvalue weighted by atomic mass is 9.93. The third kappa shape index (κ3) is 22.0. The van der Waals surface area contributed by atoms with Gasteiger partial charge in [0.1, 0.15) is 238 Å². The Morgan fingerprint density at radius 1 is 0.230 bits per heavy atom. The van der Waals surface area contributed by atoms with Gasteiger partial charge in [0.05, 0.1) is 65.6 Å². The Morgan fingerprint density at radius 3 is 0.975 bits per heavy atom. The van der Waals surface area contributed by atoms with Gasteiger partial charge >= 0.3 is 0 Å². The van der Waals surface area contributed by atoms with Crippen molar-refractivity contribution in [1.82, 2.24) is 21.3 Å². The Kier molecular flexibility index (Phi) is 35.8. The number of rotatable bonds is 31. The maximum atomic E-state index is 13.3. The molecular weight excluding hydrogens is 1670 g/mol. The number of hydrogen-bond acceptors (Lipinski definition) is 50. The highest BCUT2D eigenvalue weighted by Crippen LogP contribution is 2.41. The zero-order valence-electron chi connectivity index (χ0n) is 65.7. The average Bonchev–Trinajstić information content (AvgIpc) is 0.767. The first-order chi connectivity index (χ1) is 57.7. The quantitative estimate of drug-likeness (QED) is 0.0306. The van der Waals surface area contributed by atoms with Gasteiger partial charge in [-0.15, -0.1) is 0 Å². The molecule has 10 saturated heterocycles. The second kappa shape index (κ2) is 43.6. The molecule has 122 heavy (non-hydrogen) atoms. The van der Waals surface area contributed by atoms with Gasteiger partial charge in [0.2, 0.25) is 23.6 Å². The summed E-state index contributed by atoms with van der Waals surface area (Å²) in [5.41, 5.74) is 0. The van der Waals surface area contributed by atoms with Crippen molar-refractivity contribution in [2.75, 3.05) is 59.5 Å². The zero-order chi connectivity index (χ0) is 89.8. The molecule has 10 aliphatic heterocycles. The topological polar surface area (TPSA) is 838 Å². The van der Waals surface area contributed by atoms with Gasteiger partial charge in [0.25, 0.3) is 0 Å². The van der Waals surface area contributed by atoms with E-state index in [4.69, 9.17) is 90.0 Å². The van der Waals surface area contributed by atoms with Crippen LogP contribution in [-0.4, -0.2) is 528 Å². The summed E-state index contributed by atoms with van der Waals surface area (Å²) in [6, 6.07) is -7.69. The molecule has 31 N–H and O–H groups in total. The van der Waals surface area contributed by atoms with Crippen LogP contribution in [0.15, 0.2) is 0 Å². The minimum Gasteiger partial charge on any atom is -0.394 e. The monoisotopic (exact) mass is 1790 g/mol. The van der Waals surface area contributed by atoms with Crippen LogP contribution in [-0.2, 0) is 109 Å². The first-order valence-electron chi connectivity index (χ1n) is 39.0. The van der Waals surface area contributed by atoms with Crippen LogP contribution in [0.5, 0.6) is 0 Å². The SMILES string of the molecule is CC(=O)N[C@@H]1[C@H](O[C@@H]2[C@@H](O[C@@H]3[C@H](O)[C@H](O[C@H]4[C@H](O)[C@@H](NC(C)=O)[C@H](O[C@H]5[C@H](O)[C@@H](NC(C)=O)[C@H](O)O[C@@H]5CO[C@@H]5O[C@@H](C)[C@@H](O)[C@@H](O)[C@@H]5O)O[C@@H]4CO)O[C@H](CO[C@H]4O[C@H](CO)[C@@H](O)[C@H](O)[C@@H]4O[C@@H]4O[C@H](CO)[C@@H](O)[C@H](O[C@@H]5O[C@H](CO)[C@H](O)[C@H](O)[C@H]5O)[C@H]4NC(C)=O)[C@H]3O)O[C@H](CO)[C@@H](O)[C@@H]2O)O[C@H](CO)[C@@H](O[C@@H]2O[C@H](CO)[C@H](O)[C@H](O)[C@H]2O)[C@@H]1O. The van der Waals surface area contributed by atoms with E-state index in [1.165, 1.54) is 6.92 Å². The van der Waals surface area contributed by atoms with E-state index < -0.39 is 390 Å². The Hall–Kier alpha value is -3.96. The molecule has 0 bridgehead atoms. The molecule has 4 amide bonds. The Balaban J connectivity index is 0.993. The highest BCUT2D eigenvalue weighted by Gasteiger charge is 2.62. The zero-order valence-corrected chi connectivity index (χ0v) is 65.7. The second-order valence-electron chi connectivity index (χ2n) is 31.0. The number of carbonyl (C=O) groups excluding carboxylic acids is 4. The van der Waals surface area contributed by atoms with Crippen LogP contribution in [0.3, 0.4) is 0 Å². The molecule has 10 fully saturated rings. The van der Waals surface area contributed by atoms with Crippen molar-refractivity contribution < 1.29 is 247 Å². The summed E-state index contributed by atoms with van der Waals surface area (Å²) in [6.07, 6.45) is -95.7. The van der Waals surface area contributed by atoms with Gasteiger partial charge in [-0.1, -0.05) is 0 Å². The van der Waals surface area contributed by atoms with Gasteiger partial charge < -0.3 is 249 Å². The van der Waals surface area contributed by atoms with Crippen LogP contribution in [0.2, 0.25) is 0 Å². The summed E-state index contributed by atoms with van der Waals surface area (Å²) >= 11 is 0. The lowest BCUT2D eigenvalue weighted by Gasteiger charge is -2.51. The minimum absolute atomic E-state index is 0.847. The molecule has 0 radical (unpaired) electrons. The first kappa shape index (κ1) is 100. The summed E-state index contributed by atoms with van der Waals surface area (Å²) in [7, 11) is 0. The van der Waals surface area contributed by atoms with Crippen molar-refractivity contribution >= 4 is 23.6 Å². The number of hydrogen-bond donors (Lipinski definition) is 31. The predicted molar refractivity (Wildman–Crippen MR) is 375 cm³/mol. The smallest absolute Gasteiger partial charge is 0.217 e. The van der Waals surface area contributed by atoms with E-state index in [2.05, 4.69) is 21.3 Å². The molecular formula is C68H114N4O50. The van der Waals surface area contributed by atoms with Crippen molar-refractivity contribution in [3.8, 4) is 0 Å². The van der Waals surface area contributed by atoms with Gasteiger partial charge in [-0.3, -0.25) is 19.2 Å². The number of aliphatic hydroxyl groups excluding tert-OH is 27. The van der Waals surface area contributed by atoms with E-state index in [1.54, 1.807) is 0 Å². The van der Waals surface area contributed by atoms with E-state index in [9.17, 15) is 157 Å². The molecule has 0 aromatic rings. The second-order valence-corrected chi connectivity index (χ2v) is 31.0. The van der Waals surface area contributed by atoms with Crippen LogP contribution < -0.4 is 21.3 Å². The molecule has 706 valence electrons. The maximum Gasteiger partial charge on any atom is 0.217 e. The van der Waals surface area contributed by atoms with E-state index in [1.807, 2.05) is 0 Å². The molecule has 0 aliphatic carbocycles. The van der Waals surface area contributed by atoms with E-state index in [-0.39, 0.29) is 0 Å². The van der Waals surface area contributed by atoms with Crippen molar-refractivity contribution in [2.45, 2.75) is 341 Å².